The molecule has 4 rings (SSSR count). The number of hydrogen-bond acceptors (Lipinski definition) is 2. The summed E-state index contributed by atoms with van der Waals surface area (Å²) in [6, 6.07) is 0. The summed E-state index contributed by atoms with van der Waals surface area (Å²) in [7, 11) is 0. The molecule has 4 aliphatic rings. The second kappa shape index (κ2) is 5.29. The highest BCUT2D eigenvalue weighted by atomic mass is 16.1. The van der Waals surface area contributed by atoms with Crippen molar-refractivity contribution in [2.75, 3.05) is 0 Å². The molecule has 132 valence electrons. The normalized spacial score (nSPS) is 50.6. The molecule has 0 heterocycles. The van der Waals surface area contributed by atoms with Crippen molar-refractivity contribution in [2.24, 2.45) is 40.4 Å². The van der Waals surface area contributed by atoms with Crippen LogP contribution in [-0.4, -0.2) is 11.6 Å². The van der Waals surface area contributed by atoms with Crippen LogP contribution in [0.5, 0.6) is 0 Å². The number of carbonyl (C=O) groups excluding carboxylic acids is 2. The highest BCUT2D eigenvalue weighted by molar-refractivity contribution is 5.91. The molecule has 0 radical (unpaired) electrons. The van der Waals surface area contributed by atoms with Crippen LogP contribution >= 0.6 is 0 Å². The molecule has 0 aliphatic heterocycles. The van der Waals surface area contributed by atoms with Gasteiger partial charge in [-0.3, -0.25) is 9.59 Å². The van der Waals surface area contributed by atoms with Crippen molar-refractivity contribution in [2.45, 2.75) is 72.6 Å². The maximum absolute atomic E-state index is 12.2. The van der Waals surface area contributed by atoms with Crippen LogP contribution in [0, 0.1) is 40.4 Å². The largest absolute Gasteiger partial charge is 0.300 e. The molecule has 0 aromatic carbocycles. The molecule has 0 spiro atoms. The van der Waals surface area contributed by atoms with E-state index in [0.29, 0.717) is 29.3 Å². The molecule has 0 bridgehead atoms. The van der Waals surface area contributed by atoms with Gasteiger partial charge in [0.1, 0.15) is 5.78 Å². The number of allylic oxidation sites excluding steroid dienone is 1. The Kier molecular flexibility index (Phi) is 3.64. The third-order valence-electron chi connectivity index (χ3n) is 8.80. The number of carbonyl (C=O) groups is 2. The maximum Gasteiger partial charge on any atom is 0.155 e. The highest BCUT2D eigenvalue weighted by Gasteiger charge is 2.61. The fourth-order valence-electron chi connectivity index (χ4n) is 7.57. The van der Waals surface area contributed by atoms with Crippen LogP contribution in [0.25, 0.3) is 0 Å². The number of hydrogen-bond donors (Lipinski definition) is 0. The molecular weight excluding hydrogens is 296 g/mol. The highest BCUT2D eigenvalue weighted by Crippen LogP contribution is 2.67. The Morgan fingerprint density at radius 1 is 1.12 bits per heavy atom. The van der Waals surface area contributed by atoms with Gasteiger partial charge >= 0.3 is 0 Å². The number of ketones is 2. The quantitative estimate of drug-likeness (QED) is 0.681. The lowest BCUT2D eigenvalue weighted by Gasteiger charge is -2.60. The molecule has 4 aliphatic carbocycles. The van der Waals surface area contributed by atoms with E-state index in [1.165, 1.54) is 24.8 Å². The van der Waals surface area contributed by atoms with Gasteiger partial charge in [0.2, 0.25) is 0 Å². The molecule has 24 heavy (non-hydrogen) atoms. The van der Waals surface area contributed by atoms with E-state index in [-0.39, 0.29) is 16.7 Å². The van der Waals surface area contributed by atoms with Crippen LogP contribution in [-0.2, 0) is 9.59 Å². The summed E-state index contributed by atoms with van der Waals surface area (Å²) in [5, 5.41) is 0. The van der Waals surface area contributed by atoms with Crippen molar-refractivity contribution < 1.29 is 9.59 Å². The second-order valence-corrected chi connectivity index (χ2v) is 9.81. The molecular formula is C22H32O2. The van der Waals surface area contributed by atoms with E-state index in [4.69, 9.17) is 0 Å². The van der Waals surface area contributed by atoms with Gasteiger partial charge in [-0.15, -0.1) is 0 Å². The summed E-state index contributed by atoms with van der Waals surface area (Å²) in [5.41, 5.74) is 1.90. The fourth-order valence-corrected chi connectivity index (χ4v) is 7.57. The van der Waals surface area contributed by atoms with Crippen molar-refractivity contribution in [3.63, 3.8) is 0 Å². The van der Waals surface area contributed by atoms with Gasteiger partial charge in [-0.25, -0.2) is 0 Å². The summed E-state index contributed by atoms with van der Waals surface area (Å²) < 4.78 is 0. The van der Waals surface area contributed by atoms with E-state index in [1.807, 2.05) is 13.0 Å². The smallest absolute Gasteiger partial charge is 0.155 e. The predicted octanol–water partition coefficient (Wildman–Crippen LogP) is 4.97. The lowest BCUT2D eigenvalue weighted by atomic mass is 9.44. The first-order chi connectivity index (χ1) is 11.3. The Balaban J connectivity index is 1.72. The molecule has 3 saturated carbocycles. The first kappa shape index (κ1) is 16.5. The summed E-state index contributed by atoms with van der Waals surface area (Å²) in [6.07, 6.45) is 9.66. The van der Waals surface area contributed by atoms with E-state index in [2.05, 4.69) is 20.8 Å². The molecule has 0 amide bonds. The van der Waals surface area contributed by atoms with E-state index < -0.39 is 0 Å². The van der Waals surface area contributed by atoms with Crippen molar-refractivity contribution in [3.05, 3.63) is 11.6 Å². The summed E-state index contributed by atoms with van der Waals surface area (Å²) in [5.74, 6) is 3.84. The predicted molar refractivity (Wildman–Crippen MR) is 95.4 cm³/mol. The topological polar surface area (TPSA) is 34.1 Å². The number of rotatable bonds is 1. The van der Waals surface area contributed by atoms with Gasteiger partial charge in [0.05, 0.1) is 0 Å². The zero-order chi connectivity index (χ0) is 17.3. The third kappa shape index (κ3) is 2.07. The lowest BCUT2D eigenvalue weighted by molar-refractivity contribution is -0.130. The van der Waals surface area contributed by atoms with E-state index in [1.54, 1.807) is 0 Å². The van der Waals surface area contributed by atoms with Gasteiger partial charge in [0.15, 0.2) is 5.78 Å². The second-order valence-electron chi connectivity index (χ2n) is 9.81. The van der Waals surface area contributed by atoms with Crippen LogP contribution in [0.15, 0.2) is 11.6 Å². The molecule has 3 fully saturated rings. The molecule has 0 aromatic heterocycles. The zero-order valence-corrected chi connectivity index (χ0v) is 15.7. The van der Waals surface area contributed by atoms with Crippen molar-refractivity contribution in [1.82, 2.24) is 0 Å². The average Bonchev–Trinajstić information content (AvgIpc) is 2.86. The Bertz CT molecular complexity index is 617. The first-order valence-electron chi connectivity index (χ1n) is 10.0. The monoisotopic (exact) mass is 328 g/mol. The minimum atomic E-state index is 0.226. The van der Waals surface area contributed by atoms with E-state index in [0.717, 1.165) is 31.6 Å². The number of fused-ring (bicyclic) bond motifs is 5. The van der Waals surface area contributed by atoms with Crippen molar-refractivity contribution in [1.29, 1.82) is 0 Å². The van der Waals surface area contributed by atoms with Gasteiger partial charge in [-0.2, -0.15) is 0 Å². The Morgan fingerprint density at radius 2 is 1.88 bits per heavy atom. The van der Waals surface area contributed by atoms with Crippen LogP contribution < -0.4 is 0 Å². The van der Waals surface area contributed by atoms with Crippen LogP contribution in [0.4, 0.5) is 0 Å². The lowest BCUT2D eigenvalue weighted by Crippen LogP contribution is -2.53. The minimum absolute atomic E-state index is 0.226. The maximum atomic E-state index is 12.2. The fraction of sp³-hybridized carbons (Fsp3) is 0.818. The van der Waals surface area contributed by atoms with Crippen molar-refractivity contribution >= 4 is 11.6 Å². The molecule has 0 aromatic rings. The van der Waals surface area contributed by atoms with Gasteiger partial charge in [0.25, 0.3) is 0 Å². The Hall–Kier alpha value is -0.920. The van der Waals surface area contributed by atoms with Gasteiger partial charge in [-0.1, -0.05) is 26.3 Å². The minimum Gasteiger partial charge on any atom is -0.300 e. The summed E-state index contributed by atoms with van der Waals surface area (Å²) >= 11 is 0. The SMILES string of the molecule is CC(=O)C1CCC2C3C(CC[C@]12C)[C@@]1(C)CCC(=O)C=C1C[C@@H]3C. The molecule has 0 N–H and O–H groups in total. The first-order valence-corrected chi connectivity index (χ1v) is 10.0. The van der Waals surface area contributed by atoms with Crippen molar-refractivity contribution in [3.8, 4) is 0 Å². The molecule has 2 nitrogen and oxygen atoms in total. The third-order valence-corrected chi connectivity index (χ3v) is 8.80. The molecule has 4 unspecified atom stereocenters. The summed E-state index contributed by atoms with van der Waals surface area (Å²) in [4.78, 5) is 24.2. The summed E-state index contributed by atoms with van der Waals surface area (Å²) in [6.45, 7) is 9.07. The van der Waals surface area contributed by atoms with Crippen LogP contribution in [0.3, 0.4) is 0 Å². The van der Waals surface area contributed by atoms with E-state index in [9.17, 15) is 9.59 Å². The van der Waals surface area contributed by atoms with E-state index >= 15 is 0 Å². The van der Waals surface area contributed by atoms with Gasteiger partial charge < -0.3 is 0 Å². The number of Topliss-reactive ketones (excluding diaryl/α,β-unsaturated/α-hetero) is 1. The molecule has 2 heteroatoms. The standard InChI is InChI=1S/C22H32O2/c1-13-11-15-12-16(24)7-9-21(15,3)19-8-10-22(4)17(14(2)23)5-6-18(22)20(13)19/h12-13,17-20H,5-11H2,1-4H3/t13-,17?,18?,19?,20?,21-,22+/m0/s1. The van der Waals surface area contributed by atoms with Gasteiger partial charge in [-0.05, 0) is 86.0 Å². The van der Waals surface area contributed by atoms with Gasteiger partial charge in [0, 0.05) is 12.3 Å². The molecule has 0 saturated heterocycles. The van der Waals surface area contributed by atoms with Crippen LogP contribution in [0.1, 0.15) is 72.6 Å². The van der Waals surface area contributed by atoms with Crippen LogP contribution in [0.2, 0.25) is 0 Å². The molecule has 7 atom stereocenters. The zero-order valence-electron chi connectivity index (χ0n) is 15.7. The average molecular weight is 328 g/mol. The Labute approximate surface area is 146 Å². The Morgan fingerprint density at radius 3 is 2.58 bits per heavy atom.